The lowest BCUT2D eigenvalue weighted by Gasteiger charge is -2.28. The highest BCUT2D eigenvalue weighted by Gasteiger charge is 2.30. The summed E-state index contributed by atoms with van der Waals surface area (Å²) in [5.74, 6) is 1.17. The van der Waals surface area contributed by atoms with Gasteiger partial charge in [0.25, 0.3) is 0 Å². The maximum atomic E-state index is 12.3. The van der Waals surface area contributed by atoms with Gasteiger partial charge in [-0.2, -0.15) is 5.26 Å². The van der Waals surface area contributed by atoms with Crippen LogP contribution in [-0.4, -0.2) is 16.0 Å². The Morgan fingerprint density at radius 1 is 1.06 bits per heavy atom. The molecule has 2 N–H and O–H groups in total. The summed E-state index contributed by atoms with van der Waals surface area (Å²) in [5.41, 5.74) is 4.77. The molecule has 0 bridgehead atoms. The molecule has 166 valence electrons. The Hall–Kier alpha value is -4.48. The van der Waals surface area contributed by atoms with Crippen LogP contribution in [0.5, 0.6) is 11.6 Å². The Bertz CT molecular complexity index is 1400. The fraction of sp³-hybridized carbons (Fsp3) is 0.0769. The van der Waals surface area contributed by atoms with Crippen molar-refractivity contribution in [2.24, 2.45) is 0 Å². The summed E-state index contributed by atoms with van der Waals surface area (Å²) in [5, 5.41) is 17.6. The number of amides is 2. The van der Waals surface area contributed by atoms with Crippen molar-refractivity contribution in [1.29, 1.82) is 5.26 Å². The number of urea groups is 1. The smallest absolute Gasteiger partial charge is 0.319 e. The third kappa shape index (κ3) is 4.37. The van der Waals surface area contributed by atoms with E-state index >= 15 is 0 Å². The van der Waals surface area contributed by atoms with Crippen molar-refractivity contribution in [1.82, 2.24) is 20.6 Å². The number of rotatable bonds is 5. The molecule has 1 aliphatic heterocycles. The monoisotopic (exact) mass is 465 g/mol. The van der Waals surface area contributed by atoms with Crippen molar-refractivity contribution in [2.75, 3.05) is 0 Å². The van der Waals surface area contributed by atoms with Gasteiger partial charge in [0.15, 0.2) is 0 Å². The summed E-state index contributed by atoms with van der Waals surface area (Å²) in [4.78, 5) is 21.5. The first-order valence-electron chi connectivity index (χ1n) is 10.5. The lowest BCUT2D eigenvalue weighted by atomic mass is 9.97. The molecule has 0 spiro atoms. The zero-order valence-electron chi connectivity index (χ0n) is 18.1. The van der Waals surface area contributed by atoms with Gasteiger partial charge in [-0.1, -0.05) is 30.3 Å². The van der Waals surface area contributed by atoms with Crippen LogP contribution < -0.4 is 15.4 Å². The molecule has 4 aromatic rings. The quantitative estimate of drug-likeness (QED) is 0.396. The van der Waals surface area contributed by atoms with E-state index in [0.717, 1.165) is 33.1 Å². The van der Waals surface area contributed by atoms with Gasteiger partial charge in [0.2, 0.25) is 5.88 Å². The van der Waals surface area contributed by atoms with Gasteiger partial charge in [-0.3, -0.25) is 0 Å². The second-order valence-electron chi connectivity index (χ2n) is 7.64. The van der Waals surface area contributed by atoms with E-state index < -0.39 is 6.04 Å². The molecule has 7 nitrogen and oxygen atoms in total. The van der Waals surface area contributed by atoms with Crippen molar-refractivity contribution < 1.29 is 9.53 Å². The molecular formula is C26H19N5O2S. The molecule has 1 aliphatic rings. The van der Waals surface area contributed by atoms with E-state index in [0.29, 0.717) is 17.2 Å². The number of thiazole rings is 1. The second kappa shape index (κ2) is 9.17. The first kappa shape index (κ1) is 21.4. The van der Waals surface area contributed by atoms with Crippen LogP contribution in [0.3, 0.4) is 0 Å². The molecule has 3 heterocycles. The van der Waals surface area contributed by atoms with E-state index in [9.17, 15) is 4.79 Å². The normalized spacial score (nSPS) is 15.3. The van der Waals surface area contributed by atoms with Crippen LogP contribution in [0.4, 0.5) is 4.79 Å². The molecule has 0 radical (unpaired) electrons. The second-order valence-corrected chi connectivity index (χ2v) is 8.50. The van der Waals surface area contributed by atoms with E-state index in [1.807, 2.05) is 60.8 Å². The number of carbonyl (C=O) groups is 1. The topological polar surface area (TPSA) is 99.9 Å². The molecule has 34 heavy (non-hydrogen) atoms. The van der Waals surface area contributed by atoms with Gasteiger partial charge in [-0.25, -0.2) is 14.8 Å². The molecule has 0 aliphatic carbocycles. The number of allylic oxidation sites excluding steroid dienone is 1. The minimum Gasteiger partial charge on any atom is -0.439 e. The molecule has 1 atom stereocenters. The molecule has 0 fully saturated rings. The number of nitriles is 1. The molecule has 0 saturated heterocycles. The Kier molecular flexibility index (Phi) is 5.77. The lowest BCUT2D eigenvalue weighted by molar-refractivity contribution is 0.240. The molecule has 2 amide bonds. The van der Waals surface area contributed by atoms with Crippen LogP contribution in [0.15, 0.2) is 84.0 Å². The van der Waals surface area contributed by atoms with Crippen LogP contribution in [0.25, 0.3) is 16.8 Å². The first-order chi connectivity index (χ1) is 16.6. The van der Waals surface area contributed by atoms with E-state index in [4.69, 9.17) is 15.0 Å². The average molecular weight is 466 g/mol. The molecule has 2 aromatic heterocycles. The van der Waals surface area contributed by atoms with E-state index in [1.165, 1.54) is 11.3 Å². The summed E-state index contributed by atoms with van der Waals surface area (Å²) < 4.78 is 5.79. The zero-order chi connectivity index (χ0) is 23.5. The van der Waals surface area contributed by atoms with Gasteiger partial charge in [0.05, 0.1) is 23.4 Å². The fourth-order valence-corrected chi connectivity index (χ4v) is 4.67. The third-order valence-electron chi connectivity index (χ3n) is 5.37. The van der Waals surface area contributed by atoms with Gasteiger partial charge in [-0.15, -0.1) is 11.3 Å². The van der Waals surface area contributed by atoms with Gasteiger partial charge in [0.1, 0.15) is 10.8 Å². The van der Waals surface area contributed by atoms with Crippen molar-refractivity contribution in [3.8, 4) is 29.0 Å². The maximum Gasteiger partial charge on any atom is 0.319 e. The van der Waals surface area contributed by atoms with Crippen molar-refractivity contribution in [2.45, 2.75) is 13.0 Å². The number of nitrogens with zero attached hydrogens (tertiary/aromatic N) is 3. The summed E-state index contributed by atoms with van der Waals surface area (Å²) in [6.45, 7) is 1.87. The number of aromatic nitrogens is 2. The van der Waals surface area contributed by atoms with Gasteiger partial charge >= 0.3 is 6.03 Å². The third-order valence-corrected chi connectivity index (χ3v) is 6.25. The number of benzene rings is 2. The molecular weight excluding hydrogens is 446 g/mol. The summed E-state index contributed by atoms with van der Waals surface area (Å²) in [6, 6.07) is 21.9. The first-order valence-corrected chi connectivity index (χ1v) is 11.4. The molecule has 2 aromatic carbocycles. The maximum absolute atomic E-state index is 12.3. The Morgan fingerprint density at radius 2 is 1.85 bits per heavy atom. The van der Waals surface area contributed by atoms with Crippen LogP contribution in [-0.2, 0) is 0 Å². The Morgan fingerprint density at radius 3 is 2.56 bits per heavy atom. The summed E-state index contributed by atoms with van der Waals surface area (Å²) >= 11 is 1.50. The van der Waals surface area contributed by atoms with Crippen LogP contribution in [0, 0.1) is 11.3 Å². The molecule has 0 saturated carbocycles. The fourth-order valence-electron chi connectivity index (χ4n) is 3.71. The van der Waals surface area contributed by atoms with E-state index in [2.05, 4.69) is 21.7 Å². The average Bonchev–Trinajstić information content (AvgIpc) is 3.34. The lowest BCUT2D eigenvalue weighted by Crippen LogP contribution is -2.42. The molecule has 1 unspecified atom stereocenters. The summed E-state index contributed by atoms with van der Waals surface area (Å²) in [7, 11) is 0. The van der Waals surface area contributed by atoms with Crippen molar-refractivity contribution in [3.63, 3.8) is 0 Å². The van der Waals surface area contributed by atoms with Gasteiger partial charge in [0, 0.05) is 34.5 Å². The Labute approximate surface area is 200 Å². The van der Waals surface area contributed by atoms with Crippen molar-refractivity contribution in [3.05, 3.63) is 100 Å². The summed E-state index contributed by atoms with van der Waals surface area (Å²) in [6.07, 6.45) is 1.71. The van der Waals surface area contributed by atoms with Crippen LogP contribution >= 0.6 is 11.3 Å². The number of hydrogen-bond acceptors (Lipinski definition) is 6. The van der Waals surface area contributed by atoms with Crippen molar-refractivity contribution >= 4 is 22.9 Å². The van der Waals surface area contributed by atoms with Crippen LogP contribution in [0.1, 0.15) is 29.1 Å². The van der Waals surface area contributed by atoms with Crippen LogP contribution in [0.2, 0.25) is 0 Å². The standard InChI is InChI=1S/C26H19N5O2S/c1-16-23(25-30-21(15-34-25)18-9-7-17(13-27)8-10-18)24(31-26(32)29-16)19-11-12-22(28-14-19)33-20-5-3-2-4-6-20/h2-12,14-15,24H,1H3,(H2,29,31,32). The number of ether oxygens (including phenoxy) is 1. The number of nitrogens with one attached hydrogen (secondary N) is 2. The minimum atomic E-state index is -0.410. The molecule has 8 heteroatoms. The SMILES string of the molecule is CC1=C(c2nc(-c3ccc(C#N)cc3)cs2)C(c2ccc(Oc3ccccc3)nc2)NC(=O)N1. The highest BCUT2D eigenvalue weighted by Crippen LogP contribution is 2.37. The highest BCUT2D eigenvalue weighted by atomic mass is 32.1. The molecule has 5 rings (SSSR count). The number of hydrogen-bond donors (Lipinski definition) is 2. The largest absolute Gasteiger partial charge is 0.439 e. The Balaban J connectivity index is 1.44. The number of carbonyl (C=O) groups excluding carboxylic acids is 1. The zero-order valence-corrected chi connectivity index (χ0v) is 19.0. The predicted octanol–water partition coefficient (Wildman–Crippen LogP) is 5.65. The number of pyridine rings is 1. The highest BCUT2D eigenvalue weighted by molar-refractivity contribution is 7.11. The van der Waals surface area contributed by atoms with E-state index in [1.54, 1.807) is 24.4 Å². The predicted molar refractivity (Wildman–Crippen MR) is 130 cm³/mol. The minimum absolute atomic E-state index is 0.278. The van der Waals surface area contributed by atoms with E-state index in [-0.39, 0.29) is 6.03 Å². The van der Waals surface area contributed by atoms with Gasteiger partial charge < -0.3 is 15.4 Å². The van der Waals surface area contributed by atoms with Gasteiger partial charge in [-0.05, 0) is 42.8 Å². The number of para-hydroxylation sites is 1.